The molecule has 0 aromatic carbocycles. The van der Waals surface area contributed by atoms with Gasteiger partial charge < -0.3 is 10.6 Å². The Kier molecular flexibility index (Phi) is 9.35. The third kappa shape index (κ3) is 6.08. The van der Waals surface area contributed by atoms with Gasteiger partial charge in [0, 0.05) is 29.5 Å². The van der Waals surface area contributed by atoms with Crippen LogP contribution in [0.5, 0.6) is 0 Å². The Morgan fingerprint density at radius 1 is 1.47 bits per heavy atom. The van der Waals surface area contributed by atoms with Crippen LogP contribution < -0.4 is 10.6 Å². The number of amides is 1. The van der Waals surface area contributed by atoms with E-state index in [-0.39, 0.29) is 30.7 Å². The molecule has 7 heteroatoms. The molecule has 1 fully saturated rings. The molecule has 1 saturated heterocycles. The van der Waals surface area contributed by atoms with Gasteiger partial charge in [-0.25, -0.2) is 0 Å². The normalized spacial score (nSPS) is 17.2. The van der Waals surface area contributed by atoms with E-state index in [2.05, 4.69) is 31.5 Å². The number of rotatable bonds is 4. The van der Waals surface area contributed by atoms with E-state index in [4.69, 9.17) is 0 Å². The SMILES string of the molecule is Cl.Cl.O=C(NCC[C@H]1CCCN1)c1cncc(Br)c1. The first-order chi connectivity index (χ1) is 8.25. The van der Waals surface area contributed by atoms with E-state index < -0.39 is 0 Å². The number of hydrogen-bond donors (Lipinski definition) is 2. The van der Waals surface area contributed by atoms with Gasteiger partial charge in [0.1, 0.15) is 0 Å². The molecule has 4 nitrogen and oxygen atoms in total. The maximum atomic E-state index is 11.8. The average molecular weight is 371 g/mol. The molecule has 19 heavy (non-hydrogen) atoms. The number of nitrogens with one attached hydrogen (secondary N) is 2. The molecule has 2 rings (SSSR count). The van der Waals surface area contributed by atoms with Gasteiger partial charge in [0.2, 0.25) is 0 Å². The van der Waals surface area contributed by atoms with Crippen LogP contribution in [0.4, 0.5) is 0 Å². The molecule has 0 spiro atoms. The number of halogens is 3. The first-order valence-electron chi connectivity index (χ1n) is 5.88. The predicted octanol–water partition coefficient (Wildman–Crippen LogP) is 2.56. The summed E-state index contributed by atoms with van der Waals surface area (Å²) in [6.07, 6.45) is 6.70. The Hall–Kier alpha value is -0.360. The fourth-order valence-corrected chi connectivity index (χ4v) is 2.37. The summed E-state index contributed by atoms with van der Waals surface area (Å²) in [5, 5.41) is 6.32. The first kappa shape index (κ1) is 18.6. The van der Waals surface area contributed by atoms with Gasteiger partial charge in [0.25, 0.3) is 5.91 Å². The molecule has 1 aliphatic heterocycles. The van der Waals surface area contributed by atoms with Crippen molar-refractivity contribution in [2.45, 2.75) is 25.3 Å². The van der Waals surface area contributed by atoms with Crippen molar-refractivity contribution >= 4 is 46.7 Å². The summed E-state index contributed by atoms with van der Waals surface area (Å²) in [6.45, 7) is 1.82. The van der Waals surface area contributed by atoms with Gasteiger partial charge in [0.05, 0.1) is 5.56 Å². The van der Waals surface area contributed by atoms with Crippen LogP contribution in [0, 0.1) is 0 Å². The Labute approximate surface area is 134 Å². The van der Waals surface area contributed by atoms with Crippen molar-refractivity contribution in [2.24, 2.45) is 0 Å². The van der Waals surface area contributed by atoms with Crippen LogP contribution in [0.25, 0.3) is 0 Å². The van der Waals surface area contributed by atoms with Crippen molar-refractivity contribution in [1.82, 2.24) is 15.6 Å². The van der Waals surface area contributed by atoms with Gasteiger partial charge in [-0.1, -0.05) is 0 Å². The topological polar surface area (TPSA) is 54.0 Å². The number of aromatic nitrogens is 1. The fraction of sp³-hybridized carbons (Fsp3) is 0.500. The van der Waals surface area contributed by atoms with Crippen molar-refractivity contribution in [3.63, 3.8) is 0 Å². The van der Waals surface area contributed by atoms with E-state index in [1.807, 2.05) is 0 Å². The Bertz CT molecular complexity index is 400. The van der Waals surface area contributed by atoms with Crippen molar-refractivity contribution in [3.05, 3.63) is 28.5 Å². The van der Waals surface area contributed by atoms with Crippen LogP contribution in [-0.2, 0) is 0 Å². The van der Waals surface area contributed by atoms with Gasteiger partial charge in [0.15, 0.2) is 0 Å². The summed E-state index contributed by atoms with van der Waals surface area (Å²) < 4.78 is 0.822. The van der Waals surface area contributed by atoms with Gasteiger partial charge in [-0.2, -0.15) is 0 Å². The highest BCUT2D eigenvalue weighted by atomic mass is 79.9. The molecule has 2 heterocycles. The van der Waals surface area contributed by atoms with E-state index in [0.717, 1.165) is 17.4 Å². The maximum Gasteiger partial charge on any atom is 0.252 e. The maximum absolute atomic E-state index is 11.8. The van der Waals surface area contributed by atoms with E-state index >= 15 is 0 Å². The third-order valence-corrected chi connectivity index (χ3v) is 3.34. The Morgan fingerprint density at radius 3 is 2.89 bits per heavy atom. The lowest BCUT2D eigenvalue weighted by Crippen LogP contribution is -2.30. The number of carbonyl (C=O) groups excluding carboxylic acids is 1. The van der Waals surface area contributed by atoms with Gasteiger partial charge in [-0.15, -0.1) is 24.8 Å². The highest BCUT2D eigenvalue weighted by Gasteiger charge is 2.14. The van der Waals surface area contributed by atoms with Crippen LogP contribution in [0.1, 0.15) is 29.6 Å². The van der Waals surface area contributed by atoms with Crippen molar-refractivity contribution in [2.75, 3.05) is 13.1 Å². The smallest absolute Gasteiger partial charge is 0.252 e. The third-order valence-electron chi connectivity index (χ3n) is 2.91. The highest BCUT2D eigenvalue weighted by molar-refractivity contribution is 9.10. The van der Waals surface area contributed by atoms with Crippen molar-refractivity contribution in [3.8, 4) is 0 Å². The van der Waals surface area contributed by atoms with Crippen LogP contribution in [0.3, 0.4) is 0 Å². The lowest BCUT2D eigenvalue weighted by Gasteiger charge is -2.10. The molecule has 0 radical (unpaired) electrons. The van der Waals surface area contributed by atoms with Crippen molar-refractivity contribution < 1.29 is 4.79 Å². The van der Waals surface area contributed by atoms with Crippen LogP contribution in [0.15, 0.2) is 22.9 Å². The van der Waals surface area contributed by atoms with Gasteiger partial charge in [-0.05, 0) is 47.8 Å². The van der Waals surface area contributed by atoms with Crippen LogP contribution in [0.2, 0.25) is 0 Å². The van der Waals surface area contributed by atoms with E-state index in [1.165, 1.54) is 12.8 Å². The lowest BCUT2D eigenvalue weighted by molar-refractivity contribution is 0.0952. The molecule has 1 aromatic rings. The molecule has 0 aliphatic carbocycles. The summed E-state index contributed by atoms with van der Waals surface area (Å²) in [7, 11) is 0. The summed E-state index contributed by atoms with van der Waals surface area (Å²) in [5.41, 5.74) is 0.596. The monoisotopic (exact) mass is 369 g/mol. The zero-order chi connectivity index (χ0) is 12.1. The minimum atomic E-state index is -0.0585. The second kappa shape index (κ2) is 9.53. The fourth-order valence-electron chi connectivity index (χ4n) is 2.00. The standard InChI is InChI=1S/C12H16BrN3O.2ClH/c13-10-6-9(7-14-8-10)12(17)16-5-3-11-2-1-4-15-11;;/h6-8,11,15H,1-5H2,(H,16,17);2*1H/t11-;;/m1../s1. The second-order valence-corrected chi connectivity index (χ2v) is 5.15. The molecule has 1 aromatic heterocycles. The first-order valence-corrected chi connectivity index (χ1v) is 6.67. The van der Waals surface area contributed by atoms with Gasteiger partial charge >= 0.3 is 0 Å². The quantitative estimate of drug-likeness (QED) is 0.856. The average Bonchev–Trinajstić information content (AvgIpc) is 2.82. The zero-order valence-electron chi connectivity index (χ0n) is 10.4. The molecule has 1 amide bonds. The van der Waals surface area contributed by atoms with E-state index in [9.17, 15) is 4.79 Å². The largest absolute Gasteiger partial charge is 0.352 e. The molecule has 1 aliphatic rings. The highest BCUT2D eigenvalue weighted by Crippen LogP contribution is 2.10. The van der Waals surface area contributed by atoms with Crippen molar-refractivity contribution in [1.29, 1.82) is 0 Å². The second-order valence-electron chi connectivity index (χ2n) is 4.23. The number of nitrogens with zero attached hydrogens (tertiary/aromatic N) is 1. The molecule has 1 atom stereocenters. The molecule has 2 N–H and O–H groups in total. The minimum absolute atomic E-state index is 0. The van der Waals surface area contributed by atoms with E-state index in [1.54, 1.807) is 18.5 Å². The Morgan fingerprint density at radius 2 is 2.26 bits per heavy atom. The molecule has 108 valence electrons. The minimum Gasteiger partial charge on any atom is -0.352 e. The molecule has 0 bridgehead atoms. The number of carbonyl (C=O) groups is 1. The molecule has 0 unspecified atom stereocenters. The summed E-state index contributed by atoms with van der Waals surface area (Å²) in [6, 6.07) is 2.34. The summed E-state index contributed by atoms with van der Waals surface area (Å²) in [5.74, 6) is -0.0585. The predicted molar refractivity (Wildman–Crippen MR) is 84.4 cm³/mol. The summed E-state index contributed by atoms with van der Waals surface area (Å²) in [4.78, 5) is 15.7. The number of pyridine rings is 1. The zero-order valence-corrected chi connectivity index (χ0v) is 13.6. The number of hydrogen-bond acceptors (Lipinski definition) is 3. The molecule has 0 saturated carbocycles. The molecular weight excluding hydrogens is 353 g/mol. The molecular formula is C12H18BrCl2N3O. The Balaban J connectivity index is 0.00000162. The van der Waals surface area contributed by atoms with Crippen LogP contribution >= 0.6 is 40.7 Å². The van der Waals surface area contributed by atoms with E-state index in [0.29, 0.717) is 18.2 Å². The van der Waals surface area contributed by atoms with Crippen LogP contribution in [-0.4, -0.2) is 30.0 Å². The lowest BCUT2D eigenvalue weighted by atomic mass is 10.1. The summed E-state index contributed by atoms with van der Waals surface area (Å²) >= 11 is 3.30. The van der Waals surface area contributed by atoms with Gasteiger partial charge in [-0.3, -0.25) is 9.78 Å².